The van der Waals surface area contributed by atoms with Crippen LogP contribution in [-0.2, 0) is 19.1 Å². The third-order valence-electron chi connectivity index (χ3n) is 4.54. The molecule has 2 fully saturated rings. The van der Waals surface area contributed by atoms with Crippen molar-refractivity contribution in [3.05, 3.63) is 29.8 Å². The summed E-state index contributed by atoms with van der Waals surface area (Å²) in [5.41, 5.74) is 4.05. The van der Waals surface area contributed by atoms with Crippen LogP contribution in [0.25, 0.3) is 0 Å². The van der Waals surface area contributed by atoms with Crippen LogP contribution in [0.15, 0.2) is 24.3 Å². The number of fused-ring (bicyclic) bond motifs is 4. The standard InChI is InChI=1S/C14H13N3O3S/c1-13-9(10(18)17(2)16-11(13)19)14(21-13)7-5-3-4-6-8(7)15-12(14)20/h3-6,9H,1-2H3,(H,15,20)(H,16,19)/t9-,13-,14-/m1/s1. The van der Waals surface area contributed by atoms with E-state index in [1.54, 1.807) is 6.92 Å². The Kier molecular flexibility index (Phi) is 2.17. The van der Waals surface area contributed by atoms with Crippen molar-refractivity contribution in [2.75, 3.05) is 12.4 Å². The molecule has 0 unspecified atom stereocenters. The number of thioether (sulfide) groups is 1. The topological polar surface area (TPSA) is 78.5 Å². The predicted octanol–water partition coefficient (Wildman–Crippen LogP) is 0.459. The van der Waals surface area contributed by atoms with Crippen molar-refractivity contribution in [3.8, 4) is 0 Å². The first-order valence-corrected chi connectivity index (χ1v) is 7.42. The highest BCUT2D eigenvalue weighted by atomic mass is 32.2. The van der Waals surface area contributed by atoms with Crippen LogP contribution in [0.2, 0.25) is 0 Å². The van der Waals surface area contributed by atoms with Gasteiger partial charge in [-0.15, -0.1) is 11.8 Å². The Labute approximate surface area is 125 Å². The van der Waals surface area contributed by atoms with Gasteiger partial charge in [0.05, 0.1) is 5.92 Å². The molecule has 3 heterocycles. The molecular weight excluding hydrogens is 290 g/mol. The number of hydrogen-bond donors (Lipinski definition) is 2. The minimum absolute atomic E-state index is 0.215. The summed E-state index contributed by atoms with van der Waals surface area (Å²) in [5.74, 6) is -1.37. The Hall–Kier alpha value is -2.02. The quantitative estimate of drug-likeness (QED) is 0.730. The zero-order valence-electron chi connectivity index (χ0n) is 11.5. The van der Waals surface area contributed by atoms with Gasteiger partial charge in [-0.1, -0.05) is 18.2 Å². The second-order valence-corrected chi connectivity index (χ2v) is 7.41. The zero-order chi connectivity index (χ0) is 15.0. The van der Waals surface area contributed by atoms with Crippen molar-refractivity contribution in [1.29, 1.82) is 0 Å². The molecule has 3 amide bonds. The molecule has 21 heavy (non-hydrogen) atoms. The maximum Gasteiger partial charge on any atom is 0.255 e. The fourth-order valence-corrected chi connectivity index (χ4v) is 5.43. The normalized spacial score (nSPS) is 36.8. The molecule has 0 aromatic heterocycles. The second kappa shape index (κ2) is 3.59. The van der Waals surface area contributed by atoms with E-state index in [4.69, 9.17) is 0 Å². The second-order valence-electron chi connectivity index (χ2n) is 5.72. The lowest BCUT2D eigenvalue weighted by molar-refractivity contribution is -0.157. The predicted molar refractivity (Wildman–Crippen MR) is 77.1 cm³/mol. The van der Waals surface area contributed by atoms with Gasteiger partial charge in [0.1, 0.15) is 9.49 Å². The Morgan fingerprint density at radius 1 is 1.19 bits per heavy atom. The number of anilines is 1. The molecule has 2 N–H and O–H groups in total. The van der Waals surface area contributed by atoms with E-state index < -0.39 is 15.4 Å². The number of rotatable bonds is 0. The number of hydrogen-bond acceptors (Lipinski definition) is 4. The average Bonchev–Trinajstić information content (AvgIpc) is 2.71. The average molecular weight is 303 g/mol. The van der Waals surface area contributed by atoms with Crippen LogP contribution >= 0.6 is 11.8 Å². The van der Waals surface area contributed by atoms with Crippen LogP contribution < -0.4 is 10.7 Å². The first-order valence-electron chi connectivity index (χ1n) is 6.61. The van der Waals surface area contributed by atoms with Crippen LogP contribution in [0.1, 0.15) is 12.5 Å². The molecule has 1 aromatic rings. The summed E-state index contributed by atoms with van der Waals surface area (Å²) < 4.78 is -1.90. The largest absolute Gasteiger partial charge is 0.324 e. The minimum Gasteiger partial charge on any atom is -0.324 e. The lowest BCUT2D eigenvalue weighted by atomic mass is 9.73. The van der Waals surface area contributed by atoms with Gasteiger partial charge < -0.3 is 5.32 Å². The van der Waals surface area contributed by atoms with Crippen molar-refractivity contribution in [2.45, 2.75) is 16.4 Å². The summed E-state index contributed by atoms with van der Waals surface area (Å²) in [6.45, 7) is 1.72. The van der Waals surface area contributed by atoms with Gasteiger partial charge in [-0.2, -0.15) is 0 Å². The first kappa shape index (κ1) is 12.7. The van der Waals surface area contributed by atoms with E-state index >= 15 is 0 Å². The molecule has 1 aromatic carbocycles. The molecule has 4 rings (SSSR count). The van der Waals surface area contributed by atoms with Gasteiger partial charge in [-0.05, 0) is 13.0 Å². The minimum atomic E-state index is -0.992. The first-order chi connectivity index (χ1) is 9.91. The Balaban J connectivity index is 1.90. The number of carbonyl (C=O) groups excluding carboxylic acids is 3. The van der Waals surface area contributed by atoms with Gasteiger partial charge in [0.25, 0.3) is 5.91 Å². The van der Waals surface area contributed by atoms with Crippen LogP contribution in [-0.4, -0.2) is 34.5 Å². The fraction of sp³-hybridized carbons (Fsp3) is 0.357. The summed E-state index contributed by atoms with van der Waals surface area (Å²) in [7, 11) is 1.51. The molecule has 6 nitrogen and oxygen atoms in total. The summed E-state index contributed by atoms with van der Waals surface area (Å²) in [6, 6.07) is 7.34. The molecule has 0 bridgehead atoms. The number of nitrogens with zero attached hydrogens (tertiary/aromatic N) is 1. The summed E-state index contributed by atoms with van der Waals surface area (Å²) in [5, 5.41) is 4.01. The molecule has 3 atom stereocenters. The van der Waals surface area contributed by atoms with Crippen LogP contribution in [0, 0.1) is 5.92 Å². The van der Waals surface area contributed by atoms with Crippen molar-refractivity contribution >= 4 is 35.2 Å². The maximum atomic E-state index is 12.6. The number of nitrogens with one attached hydrogen (secondary N) is 2. The molecule has 0 radical (unpaired) electrons. The van der Waals surface area contributed by atoms with Gasteiger partial charge >= 0.3 is 0 Å². The number of carbonyl (C=O) groups is 3. The van der Waals surface area contributed by atoms with Crippen LogP contribution in [0.5, 0.6) is 0 Å². The molecule has 2 saturated heterocycles. The van der Waals surface area contributed by atoms with E-state index in [-0.39, 0.29) is 17.7 Å². The van der Waals surface area contributed by atoms with Gasteiger partial charge in [0, 0.05) is 18.3 Å². The van der Waals surface area contributed by atoms with E-state index in [0.29, 0.717) is 0 Å². The summed E-state index contributed by atoms with van der Waals surface area (Å²) >= 11 is 1.26. The number of amides is 3. The van der Waals surface area contributed by atoms with Gasteiger partial charge in [0.15, 0.2) is 0 Å². The molecule has 3 aliphatic rings. The van der Waals surface area contributed by atoms with E-state index in [2.05, 4.69) is 10.7 Å². The smallest absolute Gasteiger partial charge is 0.255 e. The molecule has 1 spiro atoms. The van der Waals surface area contributed by atoms with E-state index in [9.17, 15) is 14.4 Å². The Bertz CT molecular complexity index is 721. The van der Waals surface area contributed by atoms with E-state index in [0.717, 1.165) is 11.3 Å². The maximum absolute atomic E-state index is 12.6. The summed E-state index contributed by atoms with van der Waals surface area (Å²) in [6.07, 6.45) is 0. The molecule has 7 heteroatoms. The van der Waals surface area contributed by atoms with Gasteiger partial charge in [0.2, 0.25) is 11.8 Å². The molecule has 108 valence electrons. The summed E-state index contributed by atoms with van der Waals surface area (Å²) in [4.78, 5) is 37.4. The highest BCUT2D eigenvalue weighted by Crippen LogP contribution is 2.69. The van der Waals surface area contributed by atoms with E-state index in [1.165, 1.54) is 23.8 Å². The number of para-hydroxylation sites is 1. The zero-order valence-corrected chi connectivity index (χ0v) is 12.3. The van der Waals surface area contributed by atoms with Crippen molar-refractivity contribution in [2.24, 2.45) is 5.92 Å². The highest BCUT2D eigenvalue weighted by Gasteiger charge is 2.76. The van der Waals surface area contributed by atoms with Crippen LogP contribution in [0.4, 0.5) is 5.69 Å². The third-order valence-corrected chi connectivity index (χ3v) is 6.35. The lowest BCUT2D eigenvalue weighted by Gasteiger charge is -2.58. The fourth-order valence-electron chi connectivity index (χ4n) is 3.52. The molecule has 3 aliphatic heterocycles. The molecule has 0 aliphatic carbocycles. The monoisotopic (exact) mass is 303 g/mol. The number of hydrazine groups is 1. The van der Waals surface area contributed by atoms with Crippen molar-refractivity contribution < 1.29 is 14.4 Å². The third kappa shape index (κ3) is 1.23. The molecule has 0 saturated carbocycles. The molecular formula is C14H13N3O3S. The van der Waals surface area contributed by atoms with Crippen molar-refractivity contribution in [1.82, 2.24) is 10.4 Å². The van der Waals surface area contributed by atoms with E-state index in [1.807, 2.05) is 24.3 Å². The SMILES string of the molecule is CN1NC(=O)[C@]2(C)S[C@@]3(C(=O)Nc4ccccc43)[C@@H]2C1=O. The number of benzene rings is 1. The van der Waals surface area contributed by atoms with Gasteiger partial charge in [-0.25, -0.2) is 0 Å². The van der Waals surface area contributed by atoms with Gasteiger partial charge in [-0.3, -0.25) is 24.8 Å². The Morgan fingerprint density at radius 3 is 2.67 bits per heavy atom. The van der Waals surface area contributed by atoms with Crippen molar-refractivity contribution in [3.63, 3.8) is 0 Å². The highest BCUT2D eigenvalue weighted by molar-refractivity contribution is 8.04. The lowest BCUT2D eigenvalue weighted by Crippen LogP contribution is -2.76. The van der Waals surface area contributed by atoms with Crippen LogP contribution in [0.3, 0.4) is 0 Å². The Morgan fingerprint density at radius 2 is 1.90 bits per heavy atom.